The molecule has 28 heavy (non-hydrogen) atoms. The topological polar surface area (TPSA) is 69.9 Å². The highest BCUT2D eigenvalue weighted by atomic mass is 32.2. The average molecular weight is 397 g/mol. The number of nitrogens with one attached hydrogen (secondary N) is 1. The Balaban J connectivity index is 2.07. The number of rotatable bonds is 3. The number of hydrogen-bond acceptors (Lipinski definition) is 4. The first-order valence-corrected chi connectivity index (χ1v) is 9.83. The van der Waals surface area contributed by atoms with E-state index in [0.717, 1.165) is 5.75 Å². The van der Waals surface area contributed by atoms with E-state index in [0.29, 0.717) is 27.7 Å². The SMILES string of the molecule is CCSc1n[n+]2c(c(=O)[nH]1)-c1ccccc1N(C(C)=O)C2c1cccc(F)c1. The fraction of sp³-hybridized carbons (Fsp3) is 0.200. The number of nitrogens with zero attached hydrogens (tertiary/aromatic N) is 3. The van der Waals surface area contributed by atoms with E-state index in [1.54, 1.807) is 41.3 Å². The second kappa shape index (κ2) is 7.20. The zero-order valence-corrected chi connectivity index (χ0v) is 16.2. The van der Waals surface area contributed by atoms with Crippen molar-refractivity contribution in [1.82, 2.24) is 10.1 Å². The molecule has 8 heteroatoms. The predicted molar refractivity (Wildman–Crippen MR) is 105 cm³/mol. The number of anilines is 1. The molecular formula is C20H18FN4O2S+. The molecule has 1 aromatic heterocycles. The van der Waals surface area contributed by atoms with Crippen LogP contribution in [0.1, 0.15) is 25.6 Å². The van der Waals surface area contributed by atoms with Crippen LogP contribution in [0.25, 0.3) is 11.3 Å². The van der Waals surface area contributed by atoms with Crippen molar-refractivity contribution in [3.8, 4) is 11.3 Å². The van der Waals surface area contributed by atoms with Gasteiger partial charge in [0.25, 0.3) is 6.17 Å². The van der Waals surface area contributed by atoms with Gasteiger partial charge >= 0.3 is 11.3 Å². The molecule has 1 atom stereocenters. The molecule has 0 aliphatic carbocycles. The number of carbonyl (C=O) groups excluding carboxylic acids is 1. The van der Waals surface area contributed by atoms with Gasteiger partial charge in [0.05, 0.1) is 11.3 Å². The van der Waals surface area contributed by atoms with E-state index in [9.17, 15) is 14.0 Å². The maximum atomic E-state index is 14.0. The fourth-order valence-electron chi connectivity index (χ4n) is 3.48. The molecule has 0 bridgehead atoms. The van der Waals surface area contributed by atoms with E-state index < -0.39 is 12.0 Å². The van der Waals surface area contributed by atoms with E-state index in [-0.39, 0.29) is 11.5 Å². The largest absolute Gasteiger partial charge is 0.325 e. The molecule has 0 fully saturated rings. The zero-order valence-electron chi connectivity index (χ0n) is 15.3. The maximum Gasteiger partial charge on any atom is 0.325 e. The van der Waals surface area contributed by atoms with Crippen LogP contribution in [0, 0.1) is 5.82 Å². The van der Waals surface area contributed by atoms with E-state index >= 15 is 0 Å². The van der Waals surface area contributed by atoms with Gasteiger partial charge in [-0.3, -0.25) is 14.6 Å². The van der Waals surface area contributed by atoms with Gasteiger partial charge < -0.3 is 0 Å². The van der Waals surface area contributed by atoms with Gasteiger partial charge in [-0.15, -0.1) is 0 Å². The lowest BCUT2D eigenvalue weighted by Gasteiger charge is -2.31. The minimum Gasteiger partial charge on any atom is -0.291 e. The minimum absolute atomic E-state index is 0.230. The van der Waals surface area contributed by atoms with Crippen molar-refractivity contribution in [3.63, 3.8) is 0 Å². The van der Waals surface area contributed by atoms with Crippen molar-refractivity contribution in [2.45, 2.75) is 25.2 Å². The zero-order chi connectivity index (χ0) is 19.8. The third-order valence-corrected chi connectivity index (χ3v) is 5.27. The lowest BCUT2D eigenvalue weighted by molar-refractivity contribution is -0.763. The highest BCUT2D eigenvalue weighted by Gasteiger charge is 2.44. The molecule has 0 spiro atoms. The van der Waals surface area contributed by atoms with Crippen LogP contribution in [0.3, 0.4) is 0 Å². The second-order valence-corrected chi connectivity index (χ2v) is 7.57. The summed E-state index contributed by atoms with van der Waals surface area (Å²) < 4.78 is 15.5. The van der Waals surface area contributed by atoms with Crippen LogP contribution in [0.4, 0.5) is 10.1 Å². The van der Waals surface area contributed by atoms with Crippen molar-refractivity contribution in [1.29, 1.82) is 0 Å². The number of amides is 1. The summed E-state index contributed by atoms with van der Waals surface area (Å²) in [7, 11) is 0. The number of aromatic amines is 1. The molecule has 142 valence electrons. The van der Waals surface area contributed by atoms with Crippen molar-refractivity contribution in [3.05, 3.63) is 70.3 Å². The van der Waals surface area contributed by atoms with Gasteiger partial charge in [0, 0.05) is 17.6 Å². The van der Waals surface area contributed by atoms with Crippen LogP contribution in [-0.2, 0) is 4.79 Å². The molecule has 2 aromatic carbocycles. The van der Waals surface area contributed by atoms with Crippen LogP contribution in [0.15, 0.2) is 58.5 Å². The first-order valence-electron chi connectivity index (χ1n) is 8.85. The van der Waals surface area contributed by atoms with Crippen molar-refractivity contribution >= 4 is 23.4 Å². The van der Waals surface area contributed by atoms with Crippen LogP contribution in [0.5, 0.6) is 0 Å². The third kappa shape index (κ3) is 2.99. The molecule has 4 rings (SSSR count). The molecule has 0 saturated heterocycles. The number of hydrogen-bond donors (Lipinski definition) is 1. The lowest BCUT2D eigenvalue weighted by atomic mass is 10.0. The molecule has 1 aliphatic heterocycles. The van der Waals surface area contributed by atoms with Crippen molar-refractivity contribution in [2.75, 3.05) is 10.7 Å². The molecule has 3 aromatic rings. The summed E-state index contributed by atoms with van der Waals surface area (Å²) in [5, 5.41) is 5.04. The Bertz CT molecular complexity index is 1130. The van der Waals surface area contributed by atoms with Gasteiger partial charge in [-0.05, 0) is 40.8 Å². The first-order chi connectivity index (χ1) is 13.5. The minimum atomic E-state index is -0.767. The molecule has 0 radical (unpaired) electrons. The van der Waals surface area contributed by atoms with Crippen molar-refractivity contribution in [2.24, 2.45) is 0 Å². The smallest absolute Gasteiger partial charge is 0.291 e. The van der Waals surface area contributed by atoms with Crippen LogP contribution in [0.2, 0.25) is 0 Å². The van der Waals surface area contributed by atoms with Crippen molar-refractivity contribution < 1.29 is 13.9 Å². The molecule has 2 heterocycles. The summed E-state index contributed by atoms with van der Waals surface area (Å²) in [5.41, 5.74) is 1.76. The summed E-state index contributed by atoms with van der Waals surface area (Å²) in [6.45, 7) is 3.40. The number of H-pyrrole nitrogens is 1. The predicted octanol–water partition coefficient (Wildman–Crippen LogP) is 2.89. The molecule has 1 amide bonds. The van der Waals surface area contributed by atoms with E-state index in [1.165, 1.54) is 35.5 Å². The second-order valence-electron chi connectivity index (χ2n) is 6.32. The highest BCUT2D eigenvalue weighted by Crippen LogP contribution is 2.37. The summed E-state index contributed by atoms with van der Waals surface area (Å²) in [6, 6.07) is 13.2. The molecule has 1 N–H and O–H groups in total. The Morgan fingerprint density at radius 1 is 1.29 bits per heavy atom. The van der Waals surface area contributed by atoms with Gasteiger partial charge in [-0.25, -0.2) is 9.29 Å². The van der Waals surface area contributed by atoms with Gasteiger partial charge in [-0.2, -0.15) is 0 Å². The Morgan fingerprint density at radius 2 is 2.07 bits per heavy atom. The van der Waals surface area contributed by atoms with Gasteiger partial charge in [0.2, 0.25) is 11.1 Å². The number of para-hydroxylation sites is 1. The van der Waals surface area contributed by atoms with Crippen LogP contribution < -0.4 is 15.1 Å². The molecule has 0 saturated carbocycles. The van der Waals surface area contributed by atoms with Crippen LogP contribution >= 0.6 is 11.8 Å². The normalized spacial score (nSPS) is 15.1. The van der Waals surface area contributed by atoms with E-state index in [1.807, 2.05) is 6.92 Å². The Kier molecular flexibility index (Phi) is 4.72. The van der Waals surface area contributed by atoms with Gasteiger partial charge in [-0.1, -0.05) is 36.9 Å². The number of fused-ring (bicyclic) bond motifs is 3. The summed E-state index contributed by atoms with van der Waals surface area (Å²) >= 11 is 1.39. The van der Waals surface area contributed by atoms with E-state index in [4.69, 9.17) is 0 Å². The maximum absolute atomic E-state index is 14.0. The summed E-state index contributed by atoms with van der Waals surface area (Å²) in [6.07, 6.45) is -0.767. The standard InChI is InChI=1S/C20H17FN4O2S/c1-3-28-20-22-18(27)17-15-9-4-5-10-16(15)24(12(2)26)19(25(17)23-20)13-7-6-8-14(21)11-13/h4-11,19H,3H2,1-2H3/p+1. The fourth-order valence-corrected chi connectivity index (χ4v) is 4.07. The Hall–Kier alpha value is -3.00. The van der Waals surface area contributed by atoms with Gasteiger partial charge in [0.15, 0.2) is 0 Å². The average Bonchev–Trinajstić information content (AvgIpc) is 2.66. The summed E-state index contributed by atoms with van der Waals surface area (Å²) in [5.74, 6) is 0.0709. The lowest BCUT2D eigenvalue weighted by Crippen LogP contribution is -2.60. The molecule has 1 aliphatic rings. The molecular weight excluding hydrogens is 379 g/mol. The van der Waals surface area contributed by atoms with Gasteiger partial charge in [0.1, 0.15) is 5.82 Å². The van der Waals surface area contributed by atoms with Crippen LogP contribution in [-0.4, -0.2) is 21.7 Å². The number of halogens is 1. The highest BCUT2D eigenvalue weighted by molar-refractivity contribution is 7.99. The number of carbonyl (C=O) groups is 1. The quantitative estimate of drug-likeness (QED) is 0.545. The monoisotopic (exact) mass is 397 g/mol. The van der Waals surface area contributed by atoms with E-state index in [2.05, 4.69) is 10.1 Å². The number of benzene rings is 2. The Morgan fingerprint density at radius 3 is 2.79 bits per heavy atom. The third-order valence-electron chi connectivity index (χ3n) is 4.53. The summed E-state index contributed by atoms with van der Waals surface area (Å²) in [4.78, 5) is 29.9. The number of thioether (sulfide) groups is 1. The molecule has 6 nitrogen and oxygen atoms in total. The first kappa shape index (κ1) is 18.4. The molecule has 1 unspecified atom stereocenters. The Labute approximate surface area is 165 Å². The number of aromatic nitrogens is 3.